The summed E-state index contributed by atoms with van der Waals surface area (Å²) >= 11 is 1.57. The van der Waals surface area contributed by atoms with Crippen LogP contribution < -0.4 is 0 Å². The summed E-state index contributed by atoms with van der Waals surface area (Å²) in [6.07, 6.45) is 2.60. The van der Waals surface area contributed by atoms with E-state index in [0.717, 1.165) is 6.07 Å². The van der Waals surface area contributed by atoms with Gasteiger partial charge in [-0.25, -0.2) is 12.8 Å². The SMILES string of the molecule is CCC(CSC)N(C)S(=O)(=O)c1cc(CO)cc(F)c1C. The van der Waals surface area contributed by atoms with Crippen LogP contribution in [0.5, 0.6) is 0 Å². The molecule has 0 spiro atoms. The minimum absolute atomic E-state index is 0.0754. The quantitative estimate of drug-likeness (QED) is 0.831. The maximum Gasteiger partial charge on any atom is 0.243 e. The Morgan fingerprint density at radius 1 is 1.43 bits per heavy atom. The van der Waals surface area contributed by atoms with Gasteiger partial charge in [0, 0.05) is 24.4 Å². The van der Waals surface area contributed by atoms with E-state index in [4.69, 9.17) is 5.11 Å². The molecular formula is C14H22FNO3S2. The van der Waals surface area contributed by atoms with Crippen LogP contribution in [0, 0.1) is 12.7 Å². The molecule has 0 aliphatic heterocycles. The molecule has 0 radical (unpaired) electrons. The fourth-order valence-corrected chi connectivity index (χ4v) is 4.74. The predicted molar refractivity (Wildman–Crippen MR) is 84.5 cm³/mol. The highest BCUT2D eigenvalue weighted by Crippen LogP contribution is 2.25. The fourth-order valence-electron chi connectivity index (χ4n) is 2.09. The zero-order chi connectivity index (χ0) is 16.2. The molecule has 1 aromatic rings. The Morgan fingerprint density at radius 2 is 2.05 bits per heavy atom. The third-order valence-electron chi connectivity index (χ3n) is 3.54. The van der Waals surface area contributed by atoms with Crippen LogP contribution in [0.25, 0.3) is 0 Å². The van der Waals surface area contributed by atoms with Crippen molar-refractivity contribution in [1.82, 2.24) is 4.31 Å². The Balaban J connectivity index is 3.33. The molecule has 1 rings (SSSR count). The summed E-state index contributed by atoms with van der Waals surface area (Å²) in [5.41, 5.74) is 0.334. The lowest BCUT2D eigenvalue weighted by Crippen LogP contribution is -2.38. The molecule has 7 heteroatoms. The van der Waals surface area contributed by atoms with Gasteiger partial charge in [0.25, 0.3) is 0 Å². The molecule has 21 heavy (non-hydrogen) atoms. The second-order valence-corrected chi connectivity index (χ2v) is 7.77. The number of rotatable bonds is 7. The first kappa shape index (κ1) is 18.4. The van der Waals surface area contributed by atoms with Crippen LogP contribution in [0.2, 0.25) is 0 Å². The number of nitrogens with zero attached hydrogens (tertiary/aromatic N) is 1. The molecule has 1 N–H and O–H groups in total. The van der Waals surface area contributed by atoms with E-state index >= 15 is 0 Å². The van der Waals surface area contributed by atoms with Crippen LogP contribution in [-0.4, -0.2) is 42.9 Å². The Labute approximate surface area is 130 Å². The summed E-state index contributed by atoms with van der Waals surface area (Å²) in [7, 11) is -2.27. The van der Waals surface area contributed by atoms with E-state index in [1.165, 1.54) is 24.3 Å². The van der Waals surface area contributed by atoms with E-state index in [0.29, 0.717) is 12.2 Å². The van der Waals surface area contributed by atoms with Crippen LogP contribution >= 0.6 is 11.8 Å². The maximum absolute atomic E-state index is 13.9. The Bertz CT molecular complexity index is 590. The largest absolute Gasteiger partial charge is 0.392 e. The Hall–Kier alpha value is -0.630. The van der Waals surface area contributed by atoms with Crippen molar-refractivity contribution in [2.75, 3.05) is 19.1 Å². The highest BCUT2D eigenvalue weighted by atomic mass is 32.2. The zero-order valence-electron chi connectivity index (χ0n) is 12.8. The lowest BCUT2D eigenvalue weighted by atomic mass is 10.1. The van der Waals surface area contributed by atoms with Gasteiger partial charge in [0.15, 0.2) is 0 Å². The van der Waals surface area contributed by atoms with Gasteiger partial charge in [0.05, 0.1) is 11.5 Å². The van der Waals surface area contributed by atoms with E-state index in [-0.39, 0.29) is 22.1 Å². The summed E-state index contributed by atoms with van der Waals surface area (Å²) in [6.45, 7) is 2.96. The van der Waals surface area contributed by atoms with Crippen molar-refractivity contribution in [2.45, 2.75) is 37.8 Å². The fraction of sp³-hybridized carbons (Fsp3) is 0.571. The number of aliphatic hydroxyl groups is 1. The van der Waals surface area contributed by atoms with Crippen LogP contribution in [0.4, 0.5) is 4.39 Å². The van der Waals surface area contributed by atoms with Crippen molar-refractivity contribution >= 4 is 21.8 Å². The van der Waals surface area contributed by atoms with Gasteiger partial charge in [0.2, 0.25) is 10.0 Å². The van der Waals surface area contributed by atoms with E-state index in [1.807, 2.05) is 13.2 Å². The molecule has 0 saturated heterocycles. The van der Waals surface area contributed by atoms with Gasteiger partial charge in [-0.1, -0.05) is 6.92 Å². The molecule has 0 bridgehead atoms. The van der Waals surface area contributed by atoms with Gasteiger partial charge in [0.1, 0.15) is 5.82 Å². The Kier molecular flexibility index (Phi) is 6.65. The third-order valence-corrected chi connectivity index (χ3v) is 6.29. The van der Waals surface area contributed by atoms with Crippen molar-refractivity contribution in [3.8, 4) is 0 Å². The number of aliphatic hydroxyl groups excluding tert-OH is 1. The van der Waals surface area contributed by atoms with Gasteiger partial charge in [-0.3, -0.25) is 0 Å². The second kappa shape index (κ2) is 7.58. The standard InChI is InChI=1S/C14H22FNO3S2/c1-5-12(9-20-4)16(3)21(18,19)14-7-11(8-17)6-13(15)10(14)2/h6-7,12,17H,5,8-9H2,1-4H3. The Morgan fingerprint density at radius 3 is 2.52 bits per heavy atom. The van der Waals surface area contributed by atoms with E-state index < -0.39 is 22.4 Å². The van der Waals surface area contributed by atoms with Gasteiger partial charge in [-0.05, 0) is 37.3 Å². The molecule has 0 aliphatic rings. The molecule has 1 unspecified atom stereocenters. The number of benzene rings is 1. The molecule has 0 fully saturated rings. The van der Waals surface area contributed by atoms with E-state index in [9.17, 15) is 12.8 Å². The van der Waals surface area contributed by atoms with Crippen molar-refractivity contribution in [2.24, 2.45) is 0 Å². The first-order valence-electron chi connectivity index (χ1n) is 6.66. The first-order valence-corrected chi connectivity index (χ1v) is 9.49. The molecule has 1 atom stereocenters. The number of hydrogen-bond acceptors (Lipinski definition) is 4. The zero-order valence-corrected chi connectivity index (χ0v) is 14.4. The minimum atomic E-state index is -3.79. The average Bonchev–Trinajstić information content (AvgIpc) is 2.46. The summed E-state index contributed by atoms with van der Waals surface area (Å²) in [5, 5.41) is 9.14. The van der Waals surface area contributed by atoms with Crippen molar-refractivity contribution in [1.29, 1.82) is 0 Å². The van der Waals surface area contributed by atoms with Crippen molar-refractivity contribution < 1.29 is 17.9 Å². The van der Waals surface area contributed by atoms with Crippen LogP contribution in [0.1, 0.15) is 24.5 Å². The van der Waals surface area contributed by atoms with Gasteiger partial charge in [-0.15, -0.1) is 0 Å². The normalized spacial score (nSPS) is 13.7. The maximum atomic E-state index is 13.9. The minimum Gasteiger partial charge on any atom is -0.392 e. The summed E-state index contributed by atoms with van der Waals surface area (Å²) in [4.78, 5) is -0.0754. The molecule has 0 heterocycles. The summed E-state index contributed by atoms with van der Waals surface area (Å²) in [5.74, 6) is 0.0550. The number of sulfonamides is 1. The summed E-state index contributed by atoms with van der Waals surface area (Å²) in [6, 6.07) is 2.36. The van der Waals surface area contributed by atoms with Gasteiger partial charge < -0.3 is 5.11 Å². The topological polar surface area (TPSA) is 57.6 Å². The smallest absolute Gasteiger partial charge is 0.243 e. The van der Waals surface area contributed by atoms with Crippen LogP contribution in [0.3, 0.4) is 0 Å². The van der Waals surface area contributed by atoms with E-state index in [1.54, 1.807) is 11.8 Å². The van der Waals surface area contributed by atoms with Crippen molar-refractivity contribution in [3.63, 3.8) is 0 Å². The molecule has 0 aliphatic carbocycles. The second-order valence-electron chi connectivity index (χ2n) is 4.90. The third kappa shape index (κ3) is 3.97. The van der Waals surface area contributed by atoms with Crippen LogP contribution in [0.15, 0.2) is 17.0 Å². The van der Waals surface area contributed by atoms with E-state index in [2.05, 4.69) is 0 Å². The highest BCUT2D eigenvalue weighted by Gasteiger charge is 2.29. The molecule has 1 aromatic carbocycles. The molecule has 0 saturated carbocycles. The van der Waals surface area contributed by atoms with Gasteiger partial charge >= 0.3 is 0 Å². The van der Waals surface area contributed by atoms with Crippen molar-refractivity contribution in [3.05, 3.63) is 29.1 Å². The van der Waals surface area contributed by atoms with Gasteiger partial charge in [-0.2, -0.15) is 16.1 Å². The molecule has 120 valence electrons. The molecule has 4 nitrogen and oxygen atoms in total. The predicted octanol–water partition coefficient (Wildman–Crippen LogP) is 2.39. The first-order chi connectivity index (χ1) is 9.79. The molecule has 0 amide bonds. The monoisotopic (exact) mass is 335 g/mol. The molecular weight excluding hydrogens is 313 g/mol. The lowest BCUT2D eigenvalue weighted by molar-refractivity contribution is 0.280. The number of hydrogen-bond donors (Lipinski definition) is 1. The summed E-state index contributed by atoms with van der Waals surface area (Å²) < 4.78 is 40.6. The highest BCUT2D eigenvalue weighted by molar-refractivity contribution is 7.98. The number of thioether (sulfide) groups is 1. The number of halogens is 1. The molecule has 0 aromatic heterocycles. The lowest BCUT2D eigenvalue weighted by Gasteiger charge is -2.27. The average molecular weight is 335 g/mol. The van der Waals surface area contributed by atoms with Crippen LogP contribution in [-0.2, 0) is 16.6 Å².